The smallest absolute Gasteiger partial charge is 0.274 e. The van der Waals surface area contributed by atoms with Gasteiger partial charge in [-0.3, -0.25) is 9.89 Å². The fourth-order valence-electron chi connectivity index (χ4n) is 4.89. The number of amides is 1. The SMILES string of the molecule is CN1CCCC(c2ncc3c(n2)CCN(C(=O)c2n[nH]c4c2CCCC4)C3)C1. The zero-order valence-corrected chi connectivity index (χ0v) is 16.6. The fraction of sp³-hybridized carbons (Fsp3) is 0.619. The standard InChI is InChI=1S/C21H28N6O/c1-26-9-4-5-14(12-26)20-22-11-15-13-27(10-8-17(15)23-20)21(28)19-16-6-2-3-7-18(16)24-25-19/h11,14H,2-10,12-13H2,1H3,(H,24,25). The minimum Gasteiger partial charge on any atom is -0.332 e. The van der Waals surface area contributed by atoms with Crippen LogP contribution in [0, 0.1) is 0 Å². The molecule has 1 amide bonds. The van der Waals surface area contributed by atoms with Crippen LogP contribution in [0.4, 0.5) is 0 Å². The monoisotopic (exact) mass is 380 g/mol. The molecule has 1 saturated heterocycles. The van der Waals surface area contributed by atoms with Crippen molar-refractivity contribution < 1.29 is 4.79 Å². The third kappa shape index (κ3) is 3.21. The number of hydrogen-bond donors (Lipinski definition) is 1. The molecule has 0 radical (unpaired) electrons. The molecule has 2 aromatic rings. The third-order valence-electron chi connectivity index (χ3n) is 6.49. The lowest BCUT2D eigenvalue weighted by molar-refractivity contribution is 0.0725. The van der Waals surface area contributed by atoms with Crippen LogP contribution in [0.2, 0.25) is 0 Å². The molecule has 28 heavy (non-hydrogen) atoms. The molecule has 2 aliphatic heterocycles. The predicted octanol–water partition coefficient (Wildman–Crippen LogP) is 2.09. The lowest BCUT2D eigenvalue weighted by Crippen LogP contribution is -2.37. The van der Waals surface area contributed by atoms with Gasteiger partial charge in [-0.15, -0.1) is 0 Å². The van der Waals surface area contributed by atoms with Crippen LogP contribution in [0.5, 0.6) is 0 Å². The van der Waals surface area contributed by atoms with Gasteiger partial charge in [0.25, 0.3) is 5.91 Å². The van der Waals surface area contributed by atoms with Crippen molar-refractivity contribution in [3.8, 4) is 0 Å². The number of hydrogen-bond acceptors (Lipinski definition) is 5. The second kappa shape index (κ2) is 7.28. The Morgan fingerprint density at radius 2 is 2.07 bits per heavy atom. The van der Waals surface area contributed by atoms with E-state index in [2.05, 4.69) is 27.1 Å². The summed E-state index contributed by atoms with van der Waals surface area (Å²) in [5.41, 5.74) is 5.11. The van der Waals surface area contributed by atoms with Crippen LogP contribution >= 0.6 is 0 Å². The summed E-state index contributed by atoms with van der Waals surface area (Å²) in [6.07, 6.45) is 9.40. The average molecular weight is 380 g/mol. The van der Waals surface area contributed by atoms with Gasteiger partial charge in [-0.1, -0.05) is 0 Å². The van der Waals surface area contributed by atoms with Crippen LogP contribution < -0.4 is 0 Å². The molecule has 1 atom stereocenters. The van der Waals surface area contributed by atoms with Gasteiger partial charge in [0.2, 0.25) is 0 Å². The van der Waals surface area contributed by atoms with Crippen molar-refractivity contribution in [2.45, 2.75) is 57.4 Å². The van der Waals surface area contributed by atoms with Gasteiger partial charge in [0.1, 0.15) is 5.82 Å². The summed E-state index contributed by atoms with van der Waals surface area (Å²) in [5.74, 6) is 1.45. The van der Waals surface area contributed by atoms with Crippen LogP contribution in [-0.2, 0) is 25.8 Å². The molecule has 4 heterocycles. The summed E-state index contributed by atoms with van der Waals surface area (Å²) >= 11 is 0. The molecule has 1 unspecified atom stereocenters. The van der Waals surface area contributed by atoms with Crippen molar-refractivity contribution in [1.82, 2.24) is 30.0 Å². The highest BCUT2D eigenvalue weighted by Crippen LogP contribution is 2.27. The van der Waals surface area contributed by atoms with Gasteiger partial charge in [0.05, 0.1) is 5.69 Å². The number of aromatic nitrogens is 4. The van der Waals surface area contributed by atoms with Gasteiger partial charge in [0, 0.05) is 55.0 Å². The van der Waals surface area contributed by atoms with Gasteiger partial charge in [-0.05, 0) is 52.1 Å². The van der Waals surface area contributed by atoms with E-state index in [-0.39, 0.29) is 5.91 Å². The van der Waals surface area contributed by atoms with Gasteiger partial charge in [-0.25, -0.2) is 9.97 Å². The minimum atomic E-state index is 0.0445. The molecular weight excluding hydrogens is 352 g/mol. The van der Waals surface area contributed by atoms with Crippen molar-refractivity contribution in [2.24, 2.45) is 0 Å². The van der Waals surface area contributed by atoms with Crippen molar-refractivity contribution in [3.05, 3.63) is 40.2 Å². The van der Waals surface area contributed by atoms with Crippen molar-refractivity contribution in [2.75, 3.05) is 26.7 Å². The molecular formula is C21H28N6O. The van der Waals surface area contributed by atoms with Crippen LogP contribution in [0.3, 0.4) is 0 Å². The topological polar surface area (TPSA) is 78.0 Å². The molecule has 148 valence electrons. The highest BCUT2D eigenvalue weighted by Gasteiger charge is 2.29. The van der Waals surface area contributed by atoms with E-state index < -0.39 is 0 Å². The summed E-state index contributed by atoms with van der Waals surface area (Å²) in [6, 6.07) is 0. The molecule has 0 aromatic carbocycles. The Morgan fingerprint density at radius 3 is 2.96 bits per heavy atom. The molecule has 2 aromatic heterocycles. The Morgan fingerprint density at radius 1 is 1.18 bits per heavy atom. The van der Waals surface area contributed by atoms with Crippen LogP contribution in [0.1, 0.15) is 70.4 Å². The number of H-pyrrole nitrogens is 1. The van der Waals surface area contributed by atoms with Gasteiger partial charge in [0.15, 0.2) is 5.69 Å². The minimum absolute atomic E-state index is 0.0445. The van der Waals surface area contributed by atoms with E-state index in [1.165, 1.54) is 12.8 Å². The highest BCUT2D eigenvalue weighted by atomic mass is 16.2. The summed E-state index contributed by atoms with van der Waals surface area (Å²) < 4.78 is 0. The van der Waals surface area contributed by atoms with E-state index in [1.807, 2.05) is 11.1 Å². The molecule has 7 heteroatoms. The quantitative estimate of drug-likeness (QED) is 0.863. The van der Waals surface area contributed by atoms with Crippen molar-refractivity contribution in [3.63, 3.8) is 0 Å². The molecule has 0 bridgehead atoms. The van der Waals surface area contributed by atoms with Crippen LogP contribution in [0.15, 0.2) is 6.20 Å². The average Bonchev–Trinajstić information content (AvgIpc) is 3.16. The number of piperidine rings is 1. The normalized spacial score (nSPS) is 22.6. The maximum Gasteiger partial charge on any atom is 0.274 e. The van der Waals surface area contributed by atoms with E-state index in [0.717, 1.165) is 73.5 Å². The van der Waals surface area contributed by atoms with E-state index in [1.54, 1.807) is 0 Å². The maximum absolute atomic E-state index is 13.1. The Bertz CT molecular complexity index is 891. The van der Waals surface area contributed by atoms with Crippen molar-refractivity contribution >= 4 is 5.91 Å². The Hall–Kier alpha value is -2.28. The number of likely N-dealkylation sites (tertiary alicyclic amines) is 1. The second-order valence-corrected chi connectivity index (χ2v) is 8.51. The molecule has 0 spiro atoms. The van der Waals surface area contributed by atoms with Gasteiger partial charge >= 0.3 is 0 Å². The van der Waals surface area contributed by atoms with E-state index >= 15 is 0 Å². The van der Waals surface area contributed by atoms with E-state index in [4.69, 9.17) is 4.98 Å². The van der Waals surface area contributed by atoms with Gasteiger partial charge in [-0.2, -0.15) is 5.10 Å². The largest absolute Gasteiger partial charge is 0.332 e. The number of carbonyl (C=O) groups excluding carboxylic acids is 1. The summed E-state index contributed by atoms with van der Waals surface area (Å²) in [7, 11) is 2.17. The molecule has 3 aliphatic rings. The van der Waals surface area contributed by atoms with E-state index in [0.29, 0.717) is 24.7 Å². The predicted molar refractivity (Wildman–Crippen MR) is 105 cm³/mol. The maximum atomic E-state index is 13.1. The first-order chi connectivity index (χ1) is 13.7. The molecule has 1 fully saturated rings. The van der Waals surface area contributed by atoms with Crippen LogP contribution in [-0.4, -0.2) is 62.6 Å². The molecule has 1 N–H and O–H groups in total. The van der Waals surface area contributed by atoms with Gasteiger partial charge < -0.3 is 9.80 Å². The molecule has 0 saturated carbocycles. The number of nitrogens with zero attached hydrogens (tertiary/aromatic N) is 5. The Labute approximate surface area is 165 Å². The Kier molecular flexibility index (Phi) is 4.62. The number of carbonyl (C=O) groups is 1. The number of fused-ring (bicyclic) bond motifs is 2. The molecule has 7 nitrogen and oxygen atoms in total. The zero-order chi connectivity index (χ0) is 19.1. The summed E-state index contributed by atoms with van der Waals surface area (Å²) in [6.45, 7) is 3.48. The number of aromatic amines is 1. The molecule has 5 rings (SSSR count). The first kappa shape index (κ1) is 17.8. The molecule has 1 aliphatic carbocycles. The Balaban J connectivity index is 1.33. The van der Waals surface area contributed by atoms with E-state index in [9.17, 15) is 4.79 Å². The number of likely N-dealkylation sites (N-methyl/N-ethyl adjacent to an activating group) is 1. The number of nitrogens with one attached hydrogen (secondary N) is 1. The number of aryl methyl sites for hydroxylation is 1. The second-order valence-electron chi connectivity index (χ2n) is 8.51. The van der Waals surface area contributed by atoms with Crippen LogP contribution in [0.25, 0.3) is 0 Å². The lowest BCUT2D eigenvalue weighted by Gasteiger charge is -2.31. The highest BCUT2D eigenvalue weighted by molar-refractivity contribution is 5.94. The number of rotatable bonds is 2. The third-order valence-corrected chi connectivity index (χ3v) is 6.49. The first-order valence-corrected chi connectivity index (χ1v) is 10.6. The summed E-state index contributed by atoms with van der Waals surface area (Å²) in [4.78, 5) is 26.9. The zero-order valence-electron chi connectivity index (χ0n) is 16.6. The van der Waals surface area contributed by atoms with Crippen molar-refractivity contribution in [1.29, 1.82) is 0 Å². The lowest BCUT2D eigenvalue weighted by atomic mass is 9.95. The first-order valence-electron chi connectivity index (χ1n) is 10.6. The fourth-order valence-corrected chi connectivity index (χ4v) is 4.89. The summed E-state index contributed by atoms with van der Waals surface area (Å²) in [5, 5.41) is 7.45.